The van der Waals surface area contributed by atoms with Gasteiger partial charge in [-0.05, 0) is 36.9 Å². The number of nitrogens with zero attached hydrogens (tertiary/aromatic N) is 1. The lowest BCUT2D eigenvalue weighted by Crippen LogP contribution is -2.46. The zero-order chi connectivity index (χ0) is 21.5. The van der Waals surface area contributed by atoms with E-state index >= 15 is 0 Å². The Hall–Kier alpha value is -2.71. The lowest BCUT2D eigenvalue weighted by molar-refractivity contribution is -0.154. The third-order valence-corrected chi connectivity index (χ3v) is 5.96. The van der Waals surface area contributed by atoms with Gasteiger partial charge in [-0.15, -0.1) is 11.3 Å². The number of amides is 2. The van der Waals surface area contributed by atoms with Crippen molar-refractivity contribution >= 4 is 34.8 Å². The van der Waals surface area contributed by atoms with Gasteiger partial charge in [-0.2, -0.15) is 0 Å². The summed E-state index contributed by atoms with van der Waals surface area (Å²) in [6.45, 7) is 2.37. The Balaban J connectivity index is 1.79. The van der Waals surface area contributed by atoms with Crippen LogP contribution < -0.4 is 10.2 Å². The summed E-state index contributed by atoms with van der Waals surface area (Å²) >= 11 is 1.50. The van der Waals surface area contributed by atoms with Crippen LogP contribution in [0.15, 0.2) is 41.8 Å². The van der Waals surface area contributed by atoms with Gasteiger partial charge in [-0.3, -0.25) is 14.4 Å². The minimum atomic E-state index is -0.547. The van der Waals surface area contributed by atoms with Gasteiger partial charge in [0, 0.05) is 30.6 Å². The van der Waals surface area contributed by atoms with Crippen LogP contribution in [0.5, 0.6) is 0 Å². The second-order valence-electron chi connectivity index (χ2n) is 7.16. The van der Waals surface area contributed by atoms with Crippen molar-refractivity contribution in [3.05, 3.63) is 52.2 Å². The Kier molecular flexibility index (Phi) is 7.59. The lowest BCUT2D eigenvalue weighted by atomic mass is 9.87. The number of anilines is 1. The van der Waals surface area contributed by atoms with Gasteiger partial charge in [0.05, 0.1) is 18.6 Å². The Bertz CT molecular complexity index is 866. The first-order valence-electron chi connectivity index (χ1n) is 9.85. The molecule has 8 heteroatoms. The molecule has 1 aromatic carbocycles. The Morgan fingerprint density at radius 3 is 2.67 bits per heavy atom. The smallest absolute Gasteiger partial charge is 0.311 e. The summed E-state index contributed by atoms with van der Waals surface area (Å²) in [6.07, 6.45) is 0.628. The van der Waals surface area contributed by atoms with Gasteiger partial charge in [0.1, 0.15) is 0 Å². The van der Waals surface area contributed by atoms with E-state index in [-0.39, 0.29) is 24.8 Å². The number of aryl methyl sites for hydroxylation is 1. The molecule has 2 atom stereocenters. The normalized spacial score (nSPS) is 18.9. The van der Waals surface area contributed by atoms with Crippen molar-refractivity contribution in [3.8, 4) is 0 Å². The molecule has 1 fully saturated rings. The maximum atomic E-state index is 12.9. The summed E-state index contributed by atoms with van der Waals surface area (Å²) in [7, 11) is 1.54. The number of esters is 1. The predicted octanol–water partition coefficient (Wildman–Crippen LogP) is 2.85. The molecule has 7 nitrogen and oxygen atoms in total. The average Bonchev–Trinajstić information content (AvgIpc) is 3.27. The molecule has 30 heavy (non-hydrogen) atoms. The molecular formula is C22H26N2O5S. The minimum absolute atomic E-state index is 0.0291. The number of piperidine rings is 1. The quantitative estimate of drug-likeness (QED) is 0.514. The summed E-state index contributed by atoms with van der Waals surface area (Å²) in [5, 5.41) is 4.55. The van der Waals surface area contributed by atoms with E-state index in [1.807, 2.05) is 48.7 Å². The van der Waals surface area contributed by atoms with Gasteiger partial charge in [0.2, 0.25) is 5.91 Å². The molecule has 1 aromatic heterocycles. The molecule has 2 heterocycles. The minimum Gasteiger partial charge on any atom is -0.455 e. The van der Waals surface area contributed by atoms with E-state index in [1.165, 1.54) is 11.3 Å². The van der Waals surface area contributed by atoms with Crippen molar-refractivity contribution in [2.24, 2.45) is 5.92 Å². The number of thiophene rings is 1. The highest BCUT2D eigenvalue weighted by Crippen LogP contribution is 2.42. The molecule has 0 radical (unpaired) electrons. The second kappa shape index (κ2) is 10.4. The molecule has 1 N–H and O–H groups in total. The predicted molar refractivity (Wildman–Crippen MR) is 114 cm³/mol. The van der Waals surface area contributed by atoms with E-state index in [0.717, 1.165) is 16.1 Å². The maximum absolute atomic E-state index is 12.9. The van der Waals surface area contributed by atoms with Crippen molar-refractivity contribution in [1.29, 1.82) is 0 Å². The van der Waals surface area contributed by atoms with Crippen LogP contribution in [0.4, 0.5) is 5.69 Å². The molecule has 1 saturated heterocycles. The average molecular weight is 431 g/mol. The fourth-order valence-corrected chi connectivity index (χ4v) is 4.40. The number of methoxy groups -OCH3 is 1. The molecule has 2 unspecified atom stereocenters. The highest BCUT2D eigenvalue weighted by Gasteiger charge is 2.42. The molecule has 2 aromatic rings. The number of benzene rings is 1. The van der Waals surface area contributed by atoms with Crippen LogP contribution in [0.1, 0.15) is 29.3 Å². The van der Waals surface area contributed by atoms with Crippen LogP contribution >= 0.6 is 11.3 Å². The molecular weight excluding hydrogens is 404 g/mol. The first-order valence-corrected chi connectivity index (χ1v) is 10.7. The topological polar surface area (TPSA) is 84.9 Å². The van der Waals surface area contributed by atoms with Crippen LogP contribution in [-0.4, -0.2) is 44.7 Å². The number of rotatable bonds is 8. The third kappa shape index (κ3) is 5.25. The van der Waals surface area contributed by atoms with Gasteiger partial charge in [-0.1, -0.05) is 23.8 Å². The fourth-order valence-electron chi connectivity index (χ4n) is 3.52. The maximum Gasteiger partial charge on any atom is 0.311 e. The van der Waals surface area contributed by atoms with Crippen molar-refractivity contribution in [2.45, 2.75) is 25.8 Å². The van der Waals surface area contributed by atoms with Crippen molar-refractivity contribution in [3.63, 3.8) is 0 Å². The van der Waals surface area contributed by atoms with E-state index in [9.17, 15) is 14.4 Å². The molecule has 0 aliphatic carbocycles. The Morgan fingerprint density at radius 1 is 1.23 bits per heavy atom. The molecule has 3 rings (SSSR count). The van der Waals surface area contributed by atoms with Crippen molar-refractivity contribution in [1.82, 2.24) is 5.32 Å². The first kappa shape index (κ1) is 22.0. The molecule has 1 aliphatic heterocycles. The molecule has 2 amide bonds. The van der Waals surface area contributed by atoms with Gasteiger partial charge >= 0.3 is 5.97 Å². The summed E-state index contributed by atoms with van der Waals surface area (Å²) in [5.74, 6) is -1.43. The van der Waals surface area contributed by atoms with Gasteiger partial charge < -0.3 is 19.7 Å². The molecule has 0 bridgehead atoms. The summed E-state index contributed by atoms with van der Waals surface area (Å²) in [6, 6.07) is 11.0. The lowest BCUT2D eigenvalue weighted by Gasteiger charge is -2.39. The van der Waals surface area contributed by atoms with Crippen LogP contribution in [0.2, 0.25) is 0 Å². The largest absolute Gasteiger partial charge is 0.455 e. The molecule has 160 valence electrons. The number of carbonyl (C=O) groups excluding carboxylic acids is 3. The molecule has 1 aliphatic rings. The monoisotopic (exact) mass is 430 g/mol. The van der Waals surface area contributed by atoms with Gasteiger partial charge in [0.25, 0.3) is 5.91 Å². The zero-order valence-corrected chi connectivity index (χ0v) is 17.9. The Labute approximate surface area is 180 Å². The Morgan fingerprint density at radius 2 is 2.00 bits per heavy atom. The number of nitrogens with one attached hydrogen (secondary N) is 1. The summed E-state index contributed by atoms with van der Waals surface area (Å²) in [5.41, 5.74) is 1.84. The van der Waals surface area contributed by atoms with E-state index in [2.05, 4.69) is 5.32 Å². The highest BCUT2D eigenvalue weighted by molar-refractivity contribution is 7.10. The van der Waals surface area contributed by atoms with Crippen LogP contribution in [0.3, 0.4) is 0 Å². The van der Waals surface area contributed by atoms with E-state index < -0.39 is 17.9 Å². The van der Waals surface area contributed by atoms with Crippen LogP contribution in [0, 0.1) is 12.8 Å². The van der Waals surface area contributed by atoms with E-state index in [0.29, 0.717) is 19.6 Å². The van der Waals surface area contributed by atoms with Crippen molar-refractivity contribution in [2.75, 3.05) is 31.8 Å². The van der Waals surface area contributed by atoms with E-state index in [1.54, 1.807) is 12.0 Å². The third-order valence-electron chi connectivity index (χ3n) is 5.02. The summed E-state index contributed by atoms with van der Waals surface area (Å²) in [4.78, 5) is 40.3. The summed E-state index contributed by atoms with van der Waals surface area (Å²) < 4.78 is 10.2. The number of hydrogen-bond donors (Lipinski definition) is 1. The molecule has 0 spiro atoms. The highest BCUT2D eigenvalue weighted by atomic mass is 32.1. The number of hydrogen-bond acceptors (Lipinski definition) is 6. The van der Waals surface area contributed by atoms with Gasteiger partial charge in [-0.25, -0.2) is 0 Å². The molecule has 0 saturated carbocycles. The number of carbonyl (C=O) groups is 3. The SMILES string of the molecule is COCCNC(=O)COC(=O)C1CCC(=O)N(c2ccc(C)cc2)C1c1cccs1. The van der Waals surface area contributed by atoms with Crippen molar-refractivity contribution < 1.29 is 23.9 Å². The zero-order valence-electron chi connectivity index (χ0n) is 17.1. The fraction of sp³-hybridized carbons (Fsp3) is 0.409. The standard InChI is InChI=1S/C22H26N2O5S/c1-15-5-7-16(8-6-15)24-20(26)10-9-17(21(24)18-4-3-13-30-18)22(27)29-14-19(25)23-11-12-28-2/h3-8,13,17,21H,9-12,14H2,1-2H3,(H,23,25). The van der Waals surface area contributed by atoms with Crippen LogP contribution in [-0.2, 0) is 23.9 Å². The first-order chi connectivity index (χ1) is 14.5. The van der Waals surface area contributed by atoms with Gasteiger partial charge in [0.15, 0.2) is 6.61 Å². The van der Waals surface area contributed by atoms with E-state index in [4.69, 9.17) is 9.47 Å². The van der Waals surface area contributed by atoms with Crippen LogP contribution in [0.25, 0.3) is 0 Å². The number of ether oxygens (including phenoxy) is 2. The second-order valence-corrected chi connectivity index (χ2v) is 8.13.